The molecule has 0 spiro atoms. The molecule has 1 aliphatic rings. The Morgan fingerprint density at radius 2 is 1.76 bits per heavy atom. The van der Waals surface area contributed by atoms with Crippen LogP contribution in [0.4, 0.5) is 0 Å². The van der Waals surface area contributed by atoms with Crippen LogP contribution in [-0.4, -0.2) is 55.0 Å². The predicted molar refractivity (Wildman–Crippen MR) is 113 cm³/mol. The third kappa shape index (κ3) is 5.24. The lowest BCUT2D eigenvalue weighted by atomic mass is 9.95. The minimum atomic E-state index is -0.247. The molecule has 1 aliphatic heterocycles. The van der Waals surface area contributed by atoms with Crippen molar-refractivity contribution in [3.8, 4) is 0 Å². The molecule has 2 aromatic carbocycles. The summed E-state index contributed by atoms with van der Waals surface area (Å²) in [5, 5.41) is 0. The van der Waals surface area contributed by atoms with Gasteiger partial charge >= 0.3 is 0 Å². The van der Waals surface area contributed by atoms with Crippen molar-refractivity contribution in [2.75, 3.05) is 33.4 Å². The number of ether oxygens (including phenoxy) is 1. The molecule has 1 heterocycles. The minimum absolute atomic E-state index is 0.00753. The number of amides is 2. The molecule has 2 aromatic rings. The monoisotopic (exact) mass is 394 g/mol. The third-order valence-corrected chi connectivity index (χ3v) is 5.59. The minimum Gasteiger partial charge on any atom is -0.383 e. The Morgan fingerprint density at radius 3 is 2.45 bits per heavy atom. The fourth-order valence-electron chi connectivity index (χ4n) is 3.90. The highest BCUT2D eigenvalue weighted by Crippen LogP contribution is 2.23. The molecule has 0 saturated carbocycles. The van der Waals surface area contributed by atoms with Crippen molar-refractivity contribution in [2.24, 2.45) is 0 Å². The molecule has 154 valence electrons. The van der Waals surface area contributed by atoms with Crippen molar-refractivity contribution in [1.82, 2.24) is 9.80 Å². The molecule has 0 saturated heterocycles. The summed E-state index contributed by atoms with van der Waals surface area (Å²) >= 11 is 0. The highest BCUT2D eigenvalue weighted by molar-refractivity contribution is 5.88. The van der Waals surface area contributed by atoms with Gasteiger partial charge in [0.25, 0.3) is 0 Å². The first kappa shape index (κ1) is 21.1. The van der Waals surface area contributed by atoms with Gasteiger partial charge in [0.1, 0.15) is 0 Å². The van der Waals surface area contributed by atoms with Gasteiger partial charge in [-0.3, -0.25) is 9.59 Å². The van der Waals surface area contributed by atoms with E-state index in [1.54, 1.807) is 12.0 Å². The number of methoxy groups -OCH3 is 1. The van der Waals surface area contributed by atoms with Gasteiger partial charge in [-0.05, 0) is 29.5 Å². The smallest absolute Gasteiger partial charge is 0.242 e. The second-order valence-corrected chi connectivity index (χ2v) is 7.46. The molecule has 1 unspecified atom stereocenters. The molecule has 0 radical (unpaired) electrons. The zero-order chi connectivity index (χ0) is 20.6. The molecule has 1 atom stereocenters. The lowest BCUT2D eigenvalue weighted by Crippen LogP contribution is -2.46. The molecule has 0 bridgehead atoms. The average molecular weight is 395 g/mol. The summed E-state index contributed by atoms with van der Waals surface area (Å²) in [6.45, 7) is 4.22. The largest absolute Gasteiger partial charge is 0.383 e. The van der Waals surface area contributed by atoms with Gasteiger partial charge in [-0.15, -0.1) is 0 Å². The van der Waals surface area contributed by atoms with Crippen molar-refractivity contribution in [1.29, 1.82) is 0 Å². The van der Waals surface area contributed by atoms with Crippen LogP contribution in [-0.2, 0) is 27.3 Å². The van der Waals surface area contributed by atoms with Crippen molar-refractivity contribution in [3.63, 3.8) is 0 Å². The number of carbonyl (C=O) groups excluding carboxylic acids is 2. The molecule has 5 heteroatoms. The molecule has 0 fully saturated rings. The van der Waals surface area contributed by atoms with Gasteiger partial charge in [0, 0.05) is 26.7 Å². The first-order valence-corrected chi connectivity index (χ1v) is 10.3. The number of benzene rings is 2. The summed E-state index contributed by atoms with van der Waals surface area (Å²) in [5.74, 6) is -0.267. The van der Waals surface area contributed by atoms with Crippen LogP contribution in [0.3, 0.4) is 0 Å². The van der Waals surface area contributed by atoms with Crippen molar-refractivity contribution in [2.45, 2.75) is 32.2 Å². The third-order valence-electron chi connectivity index (χ3n) is 5.59. The lowest BCUT2D eigenvalue weighted by molar-refractivity contribution is -0.142. The zero-order valence-corrected chi connectivity index (χ0v) is 17.3. The molecule has 3 rings (SSSR count). The van der Waals surface area contributed by atoms with Crippen molar-refractivity contribution < 1.29 is 14.3 Å². The summed E-state index contributed by atoms with van der Waals surface area (Å²) in [7, 11) is 1.61. The van der Waals surface area contributed by atoms with E-state index in [4.69, 9.17) is 4.74 Å². The average Bonchev–Trinajstić information content (AvgIpc) is 2.77. The Hall–Kier alpha value is -2.66. The van der Waals surface area contributed by atoms with E-state index in [1.165, 1.54) is 11.1 Å². The van der Waals surface area contributed by atoms with Crippen LogP contribution in [0.15, 0.2) is 54.6 Å². The Kier molecular flexibility index (Phi) is 7.42. The quantitative estimate of drug-likeness (QED) is 0.691. The SMILES string of the molecule is CCC(C(=O)N(CCOC)CC(=O)N1CCc2ccccc2C1)c1ccccc1. The fourth-order valence-corrected chi connectivity index (χ4v) is 3.90. The van der Waals surface area contributed by atoms with Gasteiger partial charge in [0.15, 0.2) is 0 Å². The summed E-state index contributed by atoms with van der Waals surface area (Å²) in [6.07, 6.45) is 1.55. The van der Waals surface area contributed by atoms with E-state index < -0.39 is 0 Å². The van der Waals surface area contributed by atoms with Crippen molar-refractivity contribution >= 4 is 11.8 Å². The Morgan fingerprint density at radius 1 is 1.07 bits per heavy atom. The van der Waals surface area contributed by atoms with Gasteiger partial charge < -0.3 is 14.5 Å². The number of hydrogen-bond donors (Lipinski definition) is 0. The molecule has 0 aromatic heterocycles. The standard InChI is InChI=1S/C24H30N2O3/c1-3-22(20-10-5-4-6-11-20)24(28)26(15-16-29-2)18-23(27)25-14-13-19-9-7-8-12-21(19)17-25/h4-12,22H,3,13-18H2,1-2H3. The number of rotatable bonds is 8. The maximum absolute atomic E-state index is 13.3. The molecule has 0 aliphatic carbocycles. The van der Waals surface area contributed by atoms with E-state index >= 15 is 0 Å². The van der Waals surface area contributed by atoms with Crippen molar-refractivity contribution in [3.05, 3.63) is 71.3 Å². The maximum atomic E-state index is 13.3. The van der Waals surface area contributed by atoms with E-state index in [0.29, 0.717) is 32.7 Å². The fraction of sp³-hybridized carbons (Fsp3) is 0.417. The van der Waals surface area contributed by atoms with Crippen LogP contribution in [0.2, 0.25) is 0 Å². The van der Waals surface area contributed by atoms with E-state index in [0.717, 1.165) is 12.0 Å². The highest BCUT2D eigenvalue weighted by Gasteiger charge is 2.28. The summed E-state index contributed by atoms with van der Waals surface area (Å²) in [4.78, 5) is 29.8. The molecular formula is C24H30N2O3. The van der Waals surface area contributed by atoms with E-state index in [9.17, 15) is 9.59 Å². The van der Waals surface area contributed by atoms with E-state index in [1.807, 2.05) is 54.3 Å². The number of carbonyl (C=O) groups is 2. The van der Waals surface area contributed by atoms with E-state index in [-0.39, 0.29) is 24.3 Å². The lowest BCUT2D eigenvalue weighted by Gasteiger charge is -2.32. The van der Waals surface area contributed by atoms with Crippen LogP contribution in [0.25, 0.3) is 0 Å². The summed E-state index contributed by atoms with van der Waals surface area (Å²) in [5.41, 5.74) is 3.48. The normalized spacial score (nSPS) is 14.2. The molecular weight excluding hydrogens is 364 g/mol. The Bertz CT molecular complexity index is 822. The van der Waals surface area contributed by atoms with Gasteiger partial charge in [-0.25, -0.2) is 0 Å². The second-order valence-electron chi connectivity index (χ2n) is 7.46. The van der Waals surface area contributed by atoms with E-state index in [2.05, 4.69) is 12.1 Å². The van der Waals surface area contributed by atoms with Gasteiger partial charge in [0.2, 0.25) is 11.8 Å². The number of hydrogen-bond acceptors (Lipinski definition) is 3. The molecule has 2 amide bonds. The Balaban J connectivity index is 1.71. The van der Waals surface area contributed by atoms with Crippen LogP contribution in [0.1, 0.15) is 36.0 Å². The predicted octanol–water partition coefficient (Wildman–Crippen LogP) is 3.24. The van der Waals surface area contributed by atoms with Crippen LogP contribution >= 0.6 is 0 Å². The second kappa shape index (κ2) is 10.2. The van der Waals surface area contributed by atoms with Crippen LogP contribution in [0, 0.1) is 0 Å². The van der Waals surface area contributed by atoms with Gasteiger partial charge in [-0.2, -0.15) is 0 Å². The molecule has 5 nitrogen and oxygen atoms in total. The van der Waals surface area contributed by atoms with Gasteiger partial charge in [0.05, 0.1) is 19.1 Å². The highest BCUT2D eigenvalue weighted by atomic mass is 16.5. The first-order valence-electron chi connectivity index (χ1n) is 10.3. The van der Waals surface area contributed by atoms with Crippen LogP contribution < -0.4 is 0 Å². The molecule has 29 heavy (non-hydrogen) atoms. The topological polar surface area (TPSA) is 49.9 Å². The van der Waals surface area contributed by atoms with Crippen LogP contribution in [0.5, 0.6) is 0 Å². The number of nitrogens with zero attached hydrogens (tertiary/aromatic N) is 2. The van der Waals surface area contributed by atoms with Gasteiger partial charge in [-0.1, -0.05) is 61.5 Å². The summed E-state index contributed by atoms with van der Waals surface area (Å²) in [6, 6.07) is 18.0. The number of fused-ring (bicyclic) bond motifs is 1. The molecule has 0 N–H and O–H groups in total. The Labute approximate surface area is 173 Å². The zero-order valence-electron chi connectivity index (χ0n) is 17.3. The first-order chi connectivity index (χ1) is 14.1. The maximum Gasteiger partial charge on any atom is 0.242 e. The summed E-state index contributed by atoms with van der Waals surface area (Å²) < 4.78 is 5.20.